The quantitative estimate of drug-likeness (QED) is 0.783. The van der Waals surface area contributed by atoms with Gasteiger partial charge in [-0.2, -0.15) is 0 Å². The third-order valence-electron chi connectivity index (χ3n) is 4.69. The van der Waals surface area contributed by atoms with E-state index in [0.717, 1.165) is 31.7 Å². The molecular formula is C20H25N5O2. The predicted molar refractivity (Wildman–Crippen MR) is 104 cm³/mol. The molecule has 0 aliphatic carbocycles. The van der Waals surface area contributed by atoms with Gasteiger partial charge in [0, 0.05) is 39.6 Å². The second-order valence-electron chi connectivity index (χ2n) is 6.60. The van der Waals surface area contributed by atoms with Crippen LogP contribution in [0.15, 0.2) is 42.7 Å². The Labute approximate surface area is 159 Å². The summed E-state index contributed by atoms with van der Waals surface area (Å²) < 4.78 is 0. The average Bonchev–Trinajstić information content (AvgIpc) is 2.72. The van der Waals surface area contributed by atoms with E-state index < -0.39 is 0 Å². The molecule has 27 heavy (non-hydrogen) atoms. The lowest BCUT2D eigenvalue weighted by molar-refractivity contribution is -0.129. The summed E-state index contributed by atoms with van der Waals surface area (Å²) in [6, 6.07) is 10.2. The lowest BCUT2D eigenvalue weighted by Crippen LogP contribution is -2.48. The first-order valence-corrected chi connectivity index (χ1v) is 9.28. The van der Waals surface area contributed by atoms with Crippen molar-refractivity contribution in [1.82, 2.24) is 20.2 Å². The van der Waals surface area contributed by atoms with Gasteiger partial charge >= 0.3 is 0 Å². The number of hydrogen-bond acceptors (Lipinski definition) is 5. The SMILES string of the molecule is CC(=O)N1CCN(c2cnc(C(=O)NCCCc3ccccc3)cn2)CC1. The van der Waals surface area contributed by atoms with Crippen molar-refractivity contribution in [3.8, 4) is 0 Å². The van der Waals surface area contributed by atoms with E-state index in [0.29, 0.717) is 25.3 Å². The highest BCUT2D eigenvalue weighted by Gasteiger charge is 2.20. The minimum absolute atomic E-state index is 0.0972. The number of nitrogens with one attached hydrogen (secondary N) is 1. The van der Waals surface area contributed by atoms with E-state index in [1.54, 1.807) is 13.1 Å². The first kappa shape index (κ1) is 18.8. The van der Waals surface area contributed by atoms with Gasteiger partial charge in [-0.05, 0) is 18.4 Å². The Morgan fingerprint density at radius 2 is 1.78 bits per heavy atom. The molecule has 2 heterocycles. The molecule has 1 N–H and O–H groups in total. The Balaban J connectivity index is 1.44. The Kier molecular flexibility index (Phi) is 6.35. The lowest BCUT2D eigenvalue weighted by Gasteiger charge is -2.34. The van der Waals surface area contributed by atoms with Crippen LogP contribution in [0.1, 0.15) is 29.4 Å². The Hall–Kier alpha value is -2.96. The first-order valence-electron chi connectivity index (χ1n) is 9.28. The van der Waals surface area contributed by atoms with Gasteiger partial charge in [-0.1, -0.05) is 30.3 Å². The maximum absolute atomic E-state index is 12.2. The molecule has 0 radical (unpaired) electrons. The molecule has 1 saturated heterocycles. The topological polar surface area (TPSA) is 78.4 Å². The van der Waals surface area contributed by atoms with Crippen molar-refractivity contribution in [2.75, 3.05) is 37.6 Å². The van der Waals surface area contributed by atoms with Crippen molar-refractivity contribution in [2.45, 2.75) is 19.8 Å². The van der Waals surface area contributed by atoms with Gasteiger partial charge in [0.1, 0.15) is 11.5 Å². The number of carbonyl (C=O) groups excluding carboxylic acids is 2. The van der Waals surface area contributed by atoms with Gasteiger partial charge in [0.25, 0.3) is 5.91 Å². The number of hydrogen-bond donors (Lipinski definition) is 1. The van der Waals surface area contributed by atoms with Crippen molar-refractivity contribution < 1.29 is 9.59 Å². The second kappa shape index (κ2) is 9.12. The van der Waals surface area contributed by atoms with Gasteiger partial charge in [-0.3, -0.25) is 9.59 Å². The van der Waals surface area contributed by atoms with E-state index in [1.165, 1.54) is 11.8 Å². The number of piperazine rings is 1. The van der Waals surface area contributed by atoms with Crippen molar-refractivity contribution >= 4 is 17.6 Å². The van der Waals surface area contributed by atoms with Crippen LogP contribution in [0.25, 0.3) is 0 Å². The highest BCUT2D eigenvalue weighted by molar-refractivity contribution is 5.92. The Bertz CT molecular complexity index is 756. The summed E-state index contributed by atoms with van der Waals surface area (Å²) in [7, 11) is 0. The number of carbonyl (C=O) groups is 2. The van der Waals surface area contributed by atoms with Crippen LogP contribution in [0, 0.1) is 0 Å². The van der Waals surface area contributed by atoms with E-state index in [1.807, 2.05) is 23.1 Å². The van der Waals surface area contributed by atoms with Crippen molar-refractivity contribution in [3.63, 3.8) is 0 Å². The van der Waals surface area contributed by atoms with Crippen LogP contribution in [0.3, 0.4) is 0 Å². The molecule has 7 nitrogen and oxygen atoms in total. The van der Waals surface area contributed by atoms with E-state index in [4.69, 9.17) is 0 Å². The van der Waals surface area contributed by atoms with Crippen LogP contribution >= 0.6 is 0 Å². The minimum atomic E-state index is -0.205. The van der Waals surface area contributed by atoms with E-state index >= 15 is 0 Å². The fourth-order valence-corrected chi connectivity index (χ4v) is 3.08. The average molecular weight is 367 g/mol. The molecule has 3 rings (SSSR count). The normalized spacial score (nSPS) is 14.1. The zero-order chi connectivity index (χ0) is 19.1. The fourth-order valence-electron chi connectivity index (χ4n) is 3.08. The number of rotatable bonds is 6. The third kappa shape index (κ3) is 5.26. The largest absolute Gasteiger partial charge is 0.352 e. The van der Waals surface area contributed by atoms with Gasteiger partial charge in [-0.15, -0.1) is 0 Å². The molecule has 1 aliphatic rings. The highest BCUT2D eigenvalue weighted by atomic mass is 16.2. The molecule has 0 atom stereocenters. The molecule has 0 unspecified atom stereocenters. The molecule has 1 aromatic carbocycles. The van der Waals surface area contributed by atoms with Gasteiger partial charge in [0.15, 0.2) is 0 Å². The summed E-state index contributed by atoms with van der Waals surface area (Å²) in [6.07, 6.45) is 4.95. The van der Waals surface area contributed by atoms with Gasteiger partial charge in [0.2, 0.25) is 5.91 Å². The van der Waals surface area contributed by atoms with Crippen molar-refractivity contribution in [1.29, 1.82) is 0 Å². The van der Waals surface area contributed by atoms with Crippen LogP contribution in [0.4, 0.5) is 5.82 Å². The molecule has 2 aromatic rings. The van der Waals surface area contributed by atoms with Gasteiger partial charge in [-0.25, -0.2) is 9.97 Å². The molecule has 1 aliphatic heterocycles. The van der Waals surface area contributed by atoms with Crippen molar-refractivity contribution in [3.05, 3.63) is 54.0 Å². The Morgan fingerprint density at radius 1 is 1.04 bits per heavy atom. The van der Waals surface area contributed by atoms with E-state index in [9.17, 15) is 9.59 Å². The molecule has 0 bridgehead atoms. The molecule has 142 valence electrons. The van der Waals surface area contributed by atoms with Crippen LogP contribution < -0.4 is 10.2 Å². The number of nitrogens with zero attached hydrogens (tertiary/aromatic N) is 4. The molecule has 1 aromatic heterocycles. The molecular weight excluding hydrogens is 342 g/mol. The smallest absolute Gasteiger partial charge is 0.271 e. The number of benzene rings is 1. The van der Waals surface area contributed by atoms with Crippen LogP contribution in [-0.4, -0.2) is 59.4 Å². The lowest BCUT2D eigenvalue weighted by atomic mass is 10.1. The zero-order valence-electron chi connectivity index (χ0n) is 15.6. The molecule has 2 amide bonds. The van der Waals surface area contributed by atoms with Gasteiger partial charge in [0.05, 0.1) is 12.4 Å². The standard InChI is InChI=1S/C20H25N5O2/c1-16(26)24-10-12-25(13-11-24)19-15-22-18(14-23-19)20(27)21-9-5-8-17-6-3-2-4-7-17/h2-4,6-7,14-15H,5,8-13H2,1H3,(H,21,27). The highest BCUT2D eigenvalue weighted by Crippen LogP contribution is 2.12. The summed E-state index contributed by atoms with van der Waals surface area (Å²) in [5.41, 5.74) is 1.58. The molecule has 1 fully saturated rings. The molecule has 7 heteroatoms. The molecule has 0 spiro atoms. The number of aryl methyl sites for hydroxylation is 1. The first-order chi connectivity index (χ1) is 13.1. The molecule has 0 saturated carbocycles. The van der Waals surface area contributed by atoms with Crippen LogP contribution in [0.5, 0.6) is 0 Å². The monoisotopic (exact) mass is 367 g/mol. The van der Waals surface area contributed by atoms with Gasteiger partial charge < -0.3 is 15.1 Å². The zero-order valence-corrected chi connectivity index (χ0v) is 15.6. The Morgan fingerprint density at radius 3 is 2.41 bits per heavy atom. The number of aromatic nitrogens is 2. The number of amides is 2. The van der Waals surface area contributed by atoms with Crippen LogP contribution in [0.2, 0.25) is 0 Å². The van der Waals surface area contributed by atoms with E-state index in [2.05, 4.69) is 32.3 Å². The third-order valence-corrected chi connectivity index (χ3v) is 4.69. The maximum atomic E-state index is 12.2. The summed E-state index contributed by atoms with van der Waals surface area (Å²) in [5.74, 6) is 0.627. The number of anilines is 1. The second-order valence-corrected chi connectivity index (χ2v) is 6.60. The maximum Gasteiger partial charge on any atom is 0.271 e. The predicted octanol–water partition coefficient (Wildman–Crippen LogP) is 1.51. The summed E-state index contributed by atoms with van der Waals surface area (Å²) in [5, 5.41) is 2.89. The summed E-state index contributed by atoms with van der Waals surface area (Å²) >= 11 is 0. The summed E-state index contributed by atoms with van der Waals surface area (Å²) in [4.78, 5) is 36.1. The summed E-state index contributed by atoms with van der Waals surface area (Å²) in [6.45, 7) is 4.99. The van der Waals surface area contributed by atoms with Crippen LogP contribution in [-0.2, 0) is 11.2 Å². The minimum Gasteiger partial charge on any atom is -0.352 e. The van der Waals surface area contributed by atoms with Crippen molar-refractivity contribution in [2.24, 2.45) is 0 Å². The fraction of sp³-hybridized carbons (Fsp3) is 0.400. The van der Waals surface area contributed by atoms with E-state index in [-0.39, 0.29) is 11.8 Å².